The van der Waals surface area contributed by atoms with Crippen molar-refractivity contribution in [3.63, 3.8) is 0 Å². The molecule has 1 N–H and O–H groups in total. The number of likely N-dealkylation sites (tertiary alicyclic amines) is 1. The van der Waals surface area contributed by atoms with Crippen molar-refractivity contribution in [1.29, 1.82) is 0 Å². The first kappa shape index (κ1) is 14.3. The molecule has 124 valence electrons. The van der Waals surface area contributed by atoms with Gasteiger partial charge >= 0.3 is 0 Å². The number of carbonyl (C=O) groups excluding carboxylic acids is 2. The van der Waals surface area contributed by atoms with Gasteiger partial charge in [0.25, 0.3) is 0 Å². The predicted octanol–water partition coefficient (Wildman–Crippen LogP) is 2.73. The van der Waals surface area contributed by atoms with Crippen molar-refractivity contribution in [2.45, 2.75) is 20.3 Å². The molecule has 4 heteroatoms. The summed E-state index contributed by atoms with van der Waals surface area (Å²) in [5.74, 6) is 1.78. The Morgan fingerprint density at radius 2 is 1.67 bits per heavy atom. The number of carbonyl (C=O) groups is 2. The number of rotatable bonds is 3. The maximum Gasteiger partial charge on any atom is 0.235 e. The van der Waals surface area contributed by atoms with Crippen molar-refractivity contribution in [1.82, 2.24) is 4.90 Å². The second-order valence-electron chi connectivity index (χ2n) is 7.84. The van der Waals surface area contributed by atoms with Crippen molar-refractivity contribution >= 4 is 17.5 Å². The predicted molar refractivity (Wildman–Crippen MR) is 91.0 cm³/mol. The van der Waals surface area contributed by atoms with Gasteiger partial charge in [-0.3, -0.25) is 14.5 Å². The molecule has 6 atom stereocenters. The molecule has 24 heavy (non-hydrogen) atoms. The first-order chi connectivity index (χ1) is 11.6. The summed E-state index contributed by atoms with van der Waals surface area (Å²) in [6.45, 7) is 4.41. The van der Waals surface area contributed by atoms with E-state index in [1.807, 2.05) is 12.1 Å². The zero-order valence-corrected chi connectivity index (χ0v) is 14.0. The van der Waals surface area contributed by atoms with Gasteiger partial charge in [-0.15, -0.1) is 0 Å². The molecule has 0 unspecified atom stereocenters. The summed E-state index contributed by atoms with van der Waals surface area (Å²) in [6, 6.07) is 6.06. The highest BCUT2D eigenvalue weighted by Crippen LogP contribution is 2.65. The summed E-state index contributed by atoms with van der Waals surface area (Å²) in [6.07, 6.45) is 5.64. The topological polar surface area (TPSA) is 49.4 Å². The molecule has 2 bridgehead atoms. The van der Waals surface area contributed by atoms with E-state index in [0.717, 1.165) is 11.3 Å². The lowest BCUT2D eigenvalue weighted by molar-refractivity contribution is -0.139. The van der Waals surface area contributed by atoms with E-state index in [0.29, 0.717) is 23.7 Å². The maximum absolute atomic E-state index is 12.9. The van der Waals surface area contributed by atoms with Gasteiger partial charge < -0.3 is 5.32 Å². The number of nitrogens with zero attached hydrogens (tertiary/aromatic N) is 1. The third-order valence-electron chi connectivity index (χ3n) is 6.79. The summed E-state index contributed by atoms with van der Waals surface area (Å²) in [5, 5.41) is 3.30. The number of imide groups is 1. The fourth-order valence-electron chi connectivity index (χ4n) is 5.28. The van der Waals surface area contributed by atoms with Gasteiger partial charge in [-0.1, -0.05) is 24.3 Å². The molecule has 3 fully saturated rings. The Balaban J connectivity index is 1.38. The minimum Gasteiger partial charge on any atom is -0.367 e. The first-order valence-electron chi connectivity index (χ1n) is 8.91. The average Bonchev–Trinajstić information content (AvgIpc) is 3.35. The third kappa shape index (κ3) is 1.74. The maximum atomic E-state index is 12.9. The number of nitrogens with one attached hydrogen (secondary N) is 1. The Hall–Kier alpha value is -2.10. The van der Waals surface area contributed by atoms with Crippen molar-refractivity contribution in [3.8, 4) is 0 Å². The molecule has 1 heterocycles. The number of aryl methyl sites for hydroxylation is 1. The van der Waals surface area contributed by atoms with Gasteiger partial charge in [-0.25, -0.2) is 0 Å². The van der Waals surface area contributed by atoms with Gasteiger partial charge in [0.05, 0.1) is 18.5 Å². The van der Waals surface area contributed by atoms with Gasteiger partial charge in [-0.2, -0.15) is 0 Å². The van der Waals surface area contributed by atoms with Gasteiger partial charge in [0.2, 0.25) is 11.8 Å². The van der Waals surface area contributed by atoms with E-state index in [1.54, 1.807) is 0 Å². The van der Waals surface area contributed by atoms with Crippen LogP contribution in [0.15, 0.2) is 30.4 Å². The fraction of sp³-hybridized carbons (Fsp3) is 0.500. The van der Waals surface area contributed by atoms with Crippen LogP contribution in [0.3, 0.4) is 0 Å². The third-order valence-corrected chi connectivity index (χ3v) is 6.79. The normalized spacial score (nSPS) is 38.3. The second kappa shape index (κ2) is 4.71. The highest BCUT2D eigenvalue weighted by atomic mass is 16.2. The number of hydrogen-bond donors (Lipinski definition) is 1. The van der Waals surface area contributed by atoms with E-state index >= 15 is 0 Å². The SMILES string of the molecule is Cc1cccc(NCN2C(=O)[C@@H]3[C@@H]4C=C[C@H]([C@@H]5C[C@H]45)[C@@H]3C2=O)c1C. The van der Waals surface area contributed by atoms with E-state index in [2.05, 4.69) is 37.4 Å². The summed E-state index contributed by atoms with van der Waals surface area (Å²) in [7, 11) is 0. The van der Waals surface area contributed by atoms with Crippen LogP contribution >= 0.6 is 0 Å². The number of hydrogen-bond acceptors (Lipinski definition) is 3. The van der Waals surface area contributed by atoms with Crippen LogP contribution in [0, 0.1) is 49.4 Å². The summed E-state index contributed by atoms with van der Waals surface area (Å²) >= 11 is 0. The van der Waals surface area contributed by atoms with E-state index in [4.69, 9.17) is 0 Å². The Labute approximate surface area is 141 Å². The van der Waals surface area contributed by atoms with E-state index in [-0.39, 0.29) is 30.3 Å². The number of allylic oxidation sites excluding steroid dienone is 2. The molecule has 0 radical (unpaired) electrons. The molecule has 1 aromatic rings. The van der Waals surface area contributed by atoms with Gasteiger partial charge in [0.1, 0.15) is 0 Å². The van der Waals surface area contributed by atoms with Crippen molar-refractivity contribution in [2.75, 3.05) is 12.0 Å². The van der Waals surface area contributed by atoms with Crippen molar-refractivity contribution in [3.05, 3.63) is 41.5 Å². The summed E-state index contributed by atoms with van der Waals surface area (Å²) < 4.78 is 0. The molecule has 0 spiro atoms. The second-order valence-corrected chi connectivity index (χ2v) is 7.84. The van der Waals surface area contributed by atoms with Crippen molar-refractivity contribution in [2.24, 2.45) is 35.5 Å². The number of benzene rings is 1. The fourth-order valence-corrected chi connectivity index (χ4v) is 5.28. The van der Waals surface area contributed by atoms with Crippen LogP contribution in [-0.2, 0) is 9.59 Å². The summed E-state index contributed by atoms with van der Waals surface area (Å²) in [5.41, 5.74) is 3.36. The Morgan fingerprint density at radius 3 is 2.29 bits per heavy atom. The largest absolute Gasteiger partial charge is 0.367 e. The molecule has 4 nitrogen and oxygen atoms in total. The first-order valence-corrected chi connectivity index (χ1v) is 8.91. The van der Waals surface area contributed by atoms with Crippen LogP contribution in [0.1, 0.15) is 17.5 Å². The van der Waals surface area contributed by atoms with Crippen LogP contribution < -0.4 is 5.32 Å². The highest BCUT2D eigenvalue weighted by molar-refractivity contribution is 6.06. The monoisotopic (exact) mass is 322 g/mol. The molecular weight excluding hydrogens is 300 g/mol. The van der Waals surface area contributed by atoms with Crippen molar-refractivity contribution < 1.29 is 9.59 Å². The average molecular weight is 322 g/mol. The molecule has 1 aliphatic heterocycles. The highest BCUT2D eigenvalue weighted by Gasteiger charge is 2.66. The molecule has 4 aliphatic carbocycles. The lowest BCUT2D eigenvalue weighted by atomic mass is 9.63. The van der Waals surface area contributed by atoms with Gasteiger partial charge in [0.15, 0.2) is 0 Å². The Bertz CT molecular complexity index is 748. The molecule has 0 aromatic heterocycles. The lowest BCUT2D eigenvalue weighted by Crippen LogP contribution is -2.40. The molecule has 2 saturated carbocycles. The van der Waals surface area contributed by atoms with Crippen LogP contribution in [0.4, 0.5) is 5.69 Å². The molecule has 2 amide bonds. The minimum atomic E-state index is -0.100. The van der Waals surface area contributed by atoms with Crippen LogP contribution in [0.5, 0.6) is 0 Å². The van der Waals surface area contributed by atoms with Crippen LogP contribution in [0.25, 0.3) is 0 Å². The number of anilines is 1. The quantitative estimate of drug-likeness (QED) is 0.688. The standard InChI is InChI=1S/C20H22N2O2/c1-10-4-3-5-16(11(10)2)21-9-22-19(23)17-12-6-7-13(15-8-14(12)15)18(17)20(22)24/h3-7,12-15,17-18,21H,8-9H2,1-2H3/t12-,13-,14-,15+,17-,18+/m1/s1. The zero-order chi connectivity index (χ0) is 16.6. The van der Waals surface area contributed by atoms with Gasteiger partial charge in [-0.05, 0) is 61.1 Å². The molecule has 5 aliphatic rings. The molecule has 1 aromatic carbocycles. The molecular formula is C20H22N2O2. The van der Waals surface area contributed by atoms with Gasteiger partial charge in [0, 0.05) is 5.69 Å². The zero-order valence-electron chi connectivity index (χ0n) is 14.0. The van der Waals surface area contributed by atoms with E-state index < -0.39 is 0 Å². The molecule has 6 rings (SSSR count). The number of amides is 2. The van der Waals surface area contributed by atoms with E-state index in [1.165, 1.54) is 16.9 Å². The Kier molecular flexibility index (Phi) is 2.80. The van der Waals surface area contributed by atoms with Crippen LogP contribution in [-0.4, -0.2) is 23.4 Å². The summed E-state index contributed by atoms with van der Waals surface area (Å²) in [4.78, 5) is 27.3. The minimum absolute atomic E-state index is 0.0347. The lowest BCUT2D eigenvalue weighted by Gasteiger charge is -2.37. The molecule has 1 saturated heterocycles. The Morgan fingerprint density at radius 1 is 1.04 bits per heavy atom. The smallest absolute Gasteiger partial charge is 0.235 e. The van der Waals surface area contributed by atoms with E-state index in [9.17, 15) is 9.59 Å². The van der Waals surface area contributed by atoms with Crippen LogP contribution in [0.2, 0.25) is 0 Å².